The number of benzene rings is 2. The molecule has 3 aromatic rings. The van der Waals surface area contributed by atoms with Gasteiger partial charge in [-0.3, -0.25) is 19.0 Å². The second-order valence-corrected chi connectivity index (χ2v) is 8.20. The van der Waals surface area contributed by atoms with Gasteiger partial charge < -0.3 is 14.2 Å². The lowest BCUT2D eigenvalue weighted by Gasteiger charge is -2.33. The Morgan fingerprint density at radius 3 is 2.24 bits per heavy atom. The van der Waals surface area contributed by atoms with Crippen LogP contribution in [0, 0.1) is 0 Å². The smallest absolute Gasteiger partial charge is 0.406 e. The van der Waals surface area contributed by atoms with Gasteiger partial charge in [0.05, 0.1) is 11.0 Å². The second-order valence-electron chi connectivity index (χ2n) is 7.77. The van der Waals surface area contributed by atoms with Crippen LogP contribution in [-0.4, -0.2) is 39.4 Å². The van der Waals surface area contributed by atoms with E-state index in [2.05, 4.69) is 4.74 Å². The van der Waals surface area contributed by atoms with Gasteiger partial charge in [-0.05, 0) is 55.3 Å². The molecule has 0 spiro atoms. The number of hydrogen-bond donors (Lipinski definition) is 0. The monoisotopic (exact) mass is 481 g/mol. The van der Waals surface area contributed by atoms with Crippen LogP contribution in [0.2, 0.25) is 5.02 Å². The van der Waals surface area contributed by atoms with Gasteiger partial charge in [-0.15, -0.1) is 13.2 Å². The summed E-state index contributed by atoms with van der Waals surface area (Å²) >= 11 is 6.13. The fourth-order valence-corrected chi connectivity index (χ4v) is 4.28. The number of carbonyl (C=O) groups excluding carboxylic acids is 1. The lowest BCUT2D eigenvalue weighted by atomic mass is 10.0. The number of likely N-dealkylation sites (tertiary alicyclic amines) is 1. The van der Waals surface area contributed by atoms with Crippen molar-refractivity contribution in [3.63, 3.8) is 0 Å². The van der Waals surface area contributed by atoms with Crippen molar-refractivity contribution in [3.05, 3.63) is 73.8 Å². The molecule has 0 radical (unpaired) electrons. The molecule has 1 fully saturated rings. The van der Waals surface area contributed by atoms with Crippen molar-refractivity contribution in [2.24, 2.45) is 7.05 Å². The Kier molecular flexibility index (Phi) is 5.96. The summed E-state index contributed by atoms with van der Waals surface area (Å²) in [6, 6.07) is 9.38. The second kappa shape index (κ2) is 8.58. The molecular formula is C22H19ClF3N3O4. The van der Waals surface area contributed by atoms with E-state index in [1.165, 1.54) is 28.3 Å². The van der Waals surface area contributed by atoms with Crippen molar-refractivity contribution in [1.29, 1.82) is 0 Å². The predicted octanol–water partition coefficient (Wildman–Crippen LogP) is 3.73. The normalized spacial score (nSPS) is 15.1. The highest BCUT2D eigenvalue weighted by molar-refractivity contribution is 6.31. The summed E-state index contributed by atoms with van der Waals surface area (Å²) in [4.78, 5) is 39.6. The van der Waals surface area contributed by atoms with Crippen LogP contribution in [0.5, 0.6) is 5.75 Å². The molecule has 0 atom stereocenters. The fraction of sp³-hybridized carbons (Fsp3) is 0.318. The minimum atomic E-state index is -4.81. The summed E-state index contributed by atoms with van der Waals surface area (Å²) in [7, 11) is 1.52. The van der Waals surface area contributed by atoms with Gasteiger partial charge in [-0.25, -0.2) is 0 Å². The van der Waals surface area contributed by atoms with Crippen LogP contribution in [0.25, 0.3) is 11.0 Å². The molecule has 1 aliphatic rings. The third-order valence-corrected chi connectivity index (χ3v) is 5.95. The number of piperidine rings is 1. The number of amides is 1. The summed E-state index contributed by atoms with van der Waals surface area (Å²) in [5.74, 6) is -0.746. The van der Waals surface area contributed by atoms with Gasteiger partial charge in [0.15, 0.2) is 0 Å². The van der Waals surface area contributed by atoms with Gasteiger partial charge in [-0.2, -0.15) is 0 Å². The Hall–Kier alpha value is -3.27. The number of carbonyl (C=O) groups is 1. The highest BCUT2D eigenvalue weighted by Crippen LogP contribution is 2.28. The summed E-state index contributed by atoms with van der Waals surface area (Å²) in [5.41, 5.74) is 0.0380. The van der Waals surface area contributed by atoms with Gasteiger partial charge in [0.25, 0.3) is 5.91 Å². The maximum atomic E-state index is 12.8. The molecule has 1 aromatic heterocycles. The Balaban J connectivity index is 1.53. The molecule has 2 heterocycles. The number of rotatable bonds is 3. The highest BCUT2D eigenvalue weighted by atomic mass is 35.5. The van der Waals surface area contributed by atoms with Crippen molar-refractivity contribution >= 4 is 28.5 Å². The number of fused-ring (bicyclic) bond motifs is 1. The average molecular weight is 482 g/mol. The quantitative estimate of drug-likeness (QED) is 0.534. The number of ether oxygens (including phenoxy) is 1. The van der Waals surface area contributed by atoms with E-state index in [-0.39, 0.29) is 17.5 Å². The van der Waals surface area contributed by atoms with Gasteiger partial charge in [0, 0.05) is 36.8 Å². The predicted molar refractivity (Wildman–Crippen MR) is 116 cm³/mol. The van der Waals surface area contributed by atoms with E-state index in [1.807, 2.05) is 0 Å². The summed E-state index contributed by atoms with van der Waals surface area (Å²) in [6.45, 7) is 0.627. The zero-order valence-corrected chi connectivity index (χ0v) is 18.2. The van der Waals surface area contributed by atoms with Gasteiger partial charge in [0.1, 0.15) is 5.75 Å². The maximum Gasteiger partial charge on any atom is 0.573 e. The molecule has 4 rings (SSSR count). The van der Waals surface area contributed by atoms with Crippen LogP contribution in [0.4, 0.5) is 13.2 Å². The standard InChI is InChI=1S/C22H19ClF3N3O4/c1-27-17-7-4-14(23)12-18(17)29(21(32)20(27)31)15-8-10-28(11-9-15)19(30)13-2-5-16(6-3-13)33-22(24,25)26/h2-7,12,15H,8-11H2,1H3. The summed E-state index contributed by atoms with van der Waals surface area (Å²) in [6.07, 6.45) is -3.95. The Labute approximate surface area is 190 Å². The van der Waals surface area contributed by atoms with Crippen molar-refractivity contribution in [2.75, 3.05) is 13.1 Å². The van der Waals surface area contributed by atoms with Gasteiger partial charge in [0.2, 0.25) is 0 Å². The molecule has 0 saturated carbocycles. The molecule has 0 unspecified atom stereocenters. The van der Waals surface area contributed by atoms with E-state index in [0.29, 0.717) is 42.0 Å². The number of halogens is 4. The SMILES string of the molecule is Cn1c(=O)c(=O)n(C2CCN(C(=O)c3ccc(OC(F)(F)F)cc3)CC2)c2cc(Cl)ccc21. The molecule has 11 heteroatoms. The lowest BCUT2D eigenvalue weighted by Crippen LogP contribution is -2.45. The molecule has 2 aromatic carbocycles. The average Bonchev–Trinajstić information content (AvgIpc) is 2.77. The van der Waals surface area contributed by atoms with E-state index < -0.39 is 23.2 Å². The molecule has 1 amide bonds. The molecule has 7 nitrogen and oxygen atoms in total. The van der Waals surface area contributed by atoms with Crippen LogP contribution in [-0.2, 0) is 7.05 Å². The van der Waals surface area contributed by atoms with Crippen molar-refractivity contribution in [1.82, 2.24) is 14.0 Å². The molecule has 0 aliphatic carbocycles. The van der Waals surface area contributed by atoms with Crippen LogP contribution < -0.4 is 15.9 Å². The molecule has 0 N–H and O–H groups in total. The van der Waals surface area contributed by atoms with E-state index in [0.717, 1.165) is 12.1 Å². The van der Waals surface area contributed by atoms with E-state index in [9.17, 15) is 27.6 Å². The zero-order valence-electron chi connectivity index (χ0n) is 17.4. The molecule has 1 saturated heterocycles. The molecule has 33 heavy (non-hydrogen) atoms. The minimum absolute atomic E-state index is 0.228. The van der Waals surface area contributed by atoms with Crippen LogP contribution >= 0.6 is 11.6 Å². The molecule has 0 bridgehead atoms. The minimum Gasteiger partial charge on any atom is -0.406 e. The van der Waals surface area contributed by atoms with Crippen LogP contribution in [0.3, 0.4) is 0 Å². The zero-order chi connectivity index (χ0) is 23.9. The Morgan fingerprint density at radius 1 is 1.00 bits per heavy atom. The third-order valence-electron chi connectivity index (χ3n) is 5.72. The lowest BCUT2D eigenvalue weighted by molar-refractivity contribution is -0.274. The Bertz CT molecular complexity index is 1320. The van der Waals surface area contributed by atoms with Crippen molar-refractivity contribution in [2.45, 2.75) is 25.2 Å². The fourth-order valence-electron chi connectivity index (χ4n) is 4.11. The van der Waals surface area contributed by atoms with E-state index in [4.69, 9.17) is 11.6 Å². The van der Waals surface area contributed by atoms with Gasteiger partial charge in [-0.1, -0.05) is 11.6 Å². The number of alkyl halides is 3. The van der Waals surface area contributed by atoms with Crippen LogP contribution in [0.15, 0.2) is 52.1 Å². The third kappa shape index (κ3) is 4.61. The molecular weight excluding hydrogens is 463 g/mol. The van der Waals surface area contributed by atoms with Crippen molar-refractivity contribution < 1.29 is 22.7 Å². The first kappa shape index (κ1) is 22.9. The summed E-state index contributed by atoms with van der Waals surface area (Å²) in [5, 5.41) is 0.430. The molecule has 174 valence electrons. The van der Waals surface area contributed by atoms with Gasteiger partial charge >= 0.3 is 17.5 Å². The Morgan fingerprint density at radius 2 is 1.64 bits per heavy atom. The number of aryl methyl sites for hydroxylation is 1. The topological polar surface area (TPSA) is 73.5 Å². The van der Waals surface area contributed by atoms with E-state index >= 15 is 0 Å². The number of aromatic nitrogens is 2. The largest absolute Gasteiger partial charge is 0.573 e. The number of nitrogens with zero attached hydrogens (tertiary/aromatic N) is 3. The maximum absolute atomic E-state index is 12.8. The van der Waals surface area contributed by atoms with E-state index in [1.54, 1.807) is 23.1 Å². The first-order valence-corrected chi connectivity index (χ1v) is 10.5. The number of hydrogen-bond acceptors (Lipinski definition) is 4. The first-order chi connectivity index (χ1) is 15.5. The van der Waals surface area contributed by atoms with Crippen molar-refractivity contribution in [3.8, 4) is 5.75 Å². The molecule has 1 aliphatic heterocycles. The van der Waals surface area contributed by atoms with Crippen LogP contribution in [0.1, 0.15) is 29.2 Å². The summed E-state index contributed by atoms with van der Waals surface area (Å²) < 4.78 is 43.5. The first-order valence-electron chi connectivity index (χ1n) is 10.1. The highest BCUT2D eigenvalue weighted by Gasteiger charge is 2.31.